The molecule has 0 aromatic carbocycles. The summed E-state index contributed by atoms with van der Waals surface area (Å²) < 4.78 is 0. The predicted octanol–water partition coefficient (Wildman–Crippen LogP) is -0.881. The molecule has 0 aliphatic carbocycles. The zero-order chi connectivity index (χ0) is 10.6. The molecule has 5 nitrogen and oxygen atoms in total. The first-order chi connectivity index (χ1) is 6.65. The van der Waals surface area contributed by atoms with Gasteiger partial charge in [0.25, 0.3) is 0 Å². The number of hydrogen-bond donors (Lipinski definition) is 3. The van der Waals surface area contributed by atoms with Crippen molar-refractivity contribution in [3.63, 3.8) is 0 Å². The van der Waals surface area contributed by atoms with E-state index >= 15 is 0 Å². The summed E-state index contributed by atoms with van der Waals surface area (Å²) in [6, 6.07) is -0.904. The molecule has 0 aromatic heterocycles. The first-order valence-electron chi connectivity index (χ1n) is 4.98. The van der Waals surface area contributed by atoms with Crippen molar-refractivity contribution in [2.24, 2.45) is 5.73 Å². The molecule has 0 saturated carbocycles. The summed E-state index contributed by atoms with van der Waals surface area (Å²) in [5.74, 6) is -0.345. The van der Waals surface area contributed by atoms with Gasteiger partial charge in [-0.25, -0.2) is 0 Å². The van der Waals surface area contributed by atoms with Gasteiger partial charge in [0.2, 0.25) is 11.8 Å². The van der Waals surface area contributed by atoms with Gasteiger partial charge in [-0.2, -0.15) is 0 Å². The largest absolute Gasteiger partial charge is 0.354 e. The number of amides is 2. The van der Waals surface area contributed by atoms with Crippen molar-refractivity contribution in [3.05, 3.63) is 0 Å². The minimum Gasteiger partial charge on any atom is -0.354 e. The van der Waals surface area contributed by atoms with Crippen molar-refractivity contribution in [1.29, 1.82) is 0 Å². The summed E-state index contributed by atoms with van der Waals surface area (Å²) in [7, 11) is 0. The van der Waals surface area contributed by atoms with Gasteiger partial charge in [0.1, 0.15) is 6.04 Å². The summed E-state index contributed by atoms with van der Waals surface area (Å²) in [5, 5.41) is 5.34. The van der Waals surface area contributed by atoms with E-state index in [4.69, 9.17) is 5.73 Å². The fraction of sp³-hybridized carbons (Fsp3) is 0.778. The Labute approximate surface area is 83.4 Å². The molecule has 2 atom stereocenters. The number of piperidine rings is 1. The summed E-state index contributed by atoms with van der Waals surface area (Å²) in [6.07, 6.45) is 2.19. The highest BCUT2D eigenvalue weighted by molar-refractivity contribution is 5.89. The monoisotopic (exact) mass is 199 g/mol. The number of nitrogens with one attached hydrogen (secondary N) is 2. The second-order valence-electron chi connectivity index (χ2n) is 3.51. The highest BCUT2D eigenvalue weighted by Crippen LogP contribution is 2.03. The molecule has 0 bridgehead atoms. The van der Waals surface area contributed by atoms with Crippen LogP contribution in [0.15, 0.2) is 0 Å². The van der Waals surface area contributed by atoms with E-state index in [9.17, 15) is 9.59 Å². The Morgan fingerprint density at radius 1 is 1.79 bits per heavy atom. The molecule has 14 heavy (non-hydrogen) atoms. The third-order valence-corrected chi connectivity index (χ3v) is 2.38. The highest BCUT2D eigenvalue weighted by Gasteiger charge is 2.24. The maximum atomic E-state index is 11.4. The van der Waals surface area contributed by atoms with Gasteiger partial charge in [-0.1, -0.05) is 6.92 Å². The van der Waals surface area contributed by atoms with E-state index in [1.54, 1.807) is 0 Å². The molecule has 4 N–H and O–H groups in total. The van der Waals surface area contributed by atoms with E-state index in [0.717, 1.165) is 6.42 Å². The number of nitrogens with two attached hydrogens (primary N) is 1. The minimum atomic E-state index is -0.510. The van der Waals surface area contributed by atoms with Crippen molar-refractivity contribution in [2.75, 3.05) is 6.54 Å². The minimum absolute atomic E-state index is 0.104. The Morgan fingerprint density at radius 2 is 2.50 bits per heavy atom. The maximum absolute atomic E-state index is 11.4. The molecular weight excluding hydrogens is 182 g/mol. The molecule has 1 fully saturated rings. The van der Waals surface area contributed by atoms with Crippen LogP contribution in [0.4, 0.5) is 0 Å². The van der Waals surface area contributed by atoms with Crippen LogP contribution >= 0.6 is 0 Å². The third kappa shape index (κ3) is 2.70. The lowest BCUT2D eigenvalue weighted by atomic mass is 10.1. The topological polar surface area (TPSA) is 84.2 Å². The molecule has 2 amide bonds. The summed E-state index contributed by atoms with van der Waals surface area (Å²) in [6.45, 7) is 2.54. The Bertz CT molecular complexity index is 230. The van der Waals surface area contributed by atoms with Crippen LogP contribution in [-0.4, -0.2) is 30.4 Å². The Hall–Kier alpha value is -1.10. The van der Waals surface area contributed by atoms with Gasteiger partial charge in [0.05, 0.1) is 6.04 Å². The zero-order valence-corrected chi connectivity index (χ0v) is 8.38. The molecule has 0 spiro atoms. The summed E-state index contributed by atoms with van der Waals surface area (Å²) in [4.78, 5) is 22.6. The van der Waals surface area contributed by atoms with Gasteiger partial charge in [-0.05, 0) is 19.3 Å². The fourth-order valence-electron chi connectivity index (χ4n) is 1.37. The van der Waals surface area contributed by atoms with Crippen molar-refractivity contribution >= 4 is 11.8 Å². The Balaban J connectivity index is 2.42. The summed E-state index contributed by atoms with van der Waals surface area (Å²) in [5.41, 5.74) is 5.54. The van der Waals surface area contributed by atoms with Crippen LogP contribution in [0.2, 0.25) is 0 Å². The van der Waals surface area contributed by atoms with E-state index < -0.39 is 12.1 Å². The molecule has 80 valence electrons. The molecule has 1 heterocycles. The maximum Gasteiger partial charge on any atom is 0.242 e. The van der Waals surface area contributed by atoms with E-state index in [1.807, 2.05) is 6.92 Å². The summed E-state index contributed by atoms with van der Waals surface area (Å²) >= 11 is 0. The highest BCUT2D eigenvalue weighted by atomic mass is 16.2. The number of hydrogen-bond acceptors (Lipinski definition) is 3. The molecule has 5 heteroatoms. The number of carbonyl (C=O) groups is 2. The van der Waals surface area contributed by atoms with E-state index in [-0.39, 0.29) is 11.8 Å². The standard InChI is InChI=1S/C9H17N3O2/c1-2-6(10)8(13)12-7-4-3-5-11-9(7)14/h6-7H,2-5,10H2,1H3,(H,11,14)(H,12,13)/t6-,7?/m1/s1. The van der Waals surface area contributed by atoms with Crippen LogP contribution in [-0.2, 0) is 9.59 Å². The molecular formula is C9H17N3O2. The van der Waals surface area contributed by atoms with Crippen molar-refractivity contribution < 1.29 is 9.59 Å². The van der Waals surface area contributed by atoms with Gasteiger partial charge < -0.3 is 16.4 Å². The van der Waals surface area contributed by atoms with Gasteiger partial charge >= 0.3 is 0 Å². The van der Waals surface area contributed by atoms with Gasteiger partial charge in [-0.15, -0.1) is 0 Å². The molecule has 1 aliphatic rings. The predicted molar refractivity (Wildman–Crippen MR) is 52.4 cm³/mol. The van der Waals surface area contributed by atoms with Crippen LogP contribution in [0, 0.1) is 0 Å². The SMILES string of the molecule is CC[C@@H](N)C(=O)NC1CCCNC1=O. The second kappa shape index (κ2) is 4.95. The van der Waals surface area contributed by atoms with Crippen LogP contribution in [0.1, 0.15) is 26.2 Å². The Kier molecular flexibility index (Phi) is 3.88. The fourth-order valence-corrected chi connectivity index (χ4v) is 1.37. The average Bonchev–Trinajstić information content (AvgIpc) is 2.20. The first kappa shape index (κ1) is 11.0. The number of carbonyl (C=O) groups excluding carboxylic acids is 2. The number of rotatable bonds is 3. The molecule has 1 rings (SSSR count). The van der Waals surface area contributed by atoms with Gasteiger partial charge in [0.15, 0.2) is 0 Å². The molecule has 1 saturated heterocycles. The lowest BCUT2D eigenvalue weighted by molar-refractivity contribution is -0.130. The molecule has 1 aliphatic heterocycles. The smallest absolute Gasteiger partial charge is 0.242 e. The van der Waals surface area contributed by atoms with Crippen molar-refractivity contribution in [3.8, 4) is 0 Å². The van der Waals surface area contributed by atoms with E-state index in [0.29, 0.717) is 19.4 Å². The van der Waals surface area contributed by atoms with Crippen LogP contribution < -0.4 is 16.4 Å². The van der Waals surface area contributed by atoms with Gasteiger partial charge in [0, 0.05) is 6.54 Å². The molecule has 0 aromatic rings. The van der Waals surface area contributed by atoms with Crippen LogP contribution in [0.5, 0.6) is 0 Å². The normalized spacial score (nSPS) is 23.9. The van der Waals surface area contributed by atoms with Crippen molar-refractivity contribution in [2.45, 2.75) is 38.3 Å². The lowest BCUT2D eigenvalue weighted by Crippen LogP contribution is -2.53. The first-order valence-corrected chi connectivity index (χ1v) is 4.98. The average molecular weight is 199 g/mol. The molecule has 1 unspecified atom stereocenters. The van der Waals surface area contributed by atoms with Crippen LogP contribution in [0.3, 0.4) is 0 Å². The molecule has 0 radical (unpaired) electrons. The quantitative estimate of drug-likeness (QED) is 0.552. The van der Waals surface area contributed by atoms with Crippen molar-refractivity contribution in [1.82, 2.24) is 10.6 Å². The van der Waals surface area contributed by atoms with Crippen LogP contribution in [0.25, 0.3) is 0 Å². The van der Waals surface area contributed by atoms with Gasteiger partial charge in [-0.3, -0.25) is 9.59 Å². The second-order valence-corrected chi connectivity index (χ2v) is 3.51. The Morgan fingerprint density at radius 3 is 3.07 bits per heavy atom. The third-order valence-electron chi connectivity index (χ3n) is 2.38. The lowest BCUT2D eigenvalue weighted by Gasteiger charge is -2.23. The van der Waals surface area contributed by atoms with E-state index in [1.165, 1.54) is 0 Å². The zero-order valence-electron chi connectivity index (χ0n) is 8.38. The van der Waals surface area contributed by atoms with E-state index in [2.05, 4.69) is 10.6 Å².